The quantitative estimate of drug-likeness (QED) is 0.274. The lowest BCUT2D eigenvalue weighted by Crippen LogP contribution is -3.00. The van der Waals surface area contributed by atoms with Crippen LogP contribution in [0.3, 0.4) is 0 Å². The monoisotopic (exact) mass is 491 g/mol. The molecule has 0 saturated carbocycles. The van der Waals surface area contributed by atoms with E-state index in [2.05, 4.69) is 121 Å². The maximum absolute atomic E-state index is 2.27. The summed E-state index contributed by atoms with van der Waals surface area (Å²) in [5.74, 6) is 0. The predicted octanol–water partition coefficient (Wildman–Crippen LogP) is 3.60. The van der Waals surface area contributed by atoms with Crippen molar-refractivity contribution in [2.45, 2.75) is 19.6 Å². The number of rotatable bonds is 7. The van der Waals surface area contributed by atoms with Crippen molar-refractivity contribution in [1.82, 2.24) is 4.48 Å². The summed E-state index contributed by atoms with van der Waals surface area (Å²) in [7, 11) is 0. The fourth-order valence-electron chi connectivity index (χ4n) is 3.98. The molecule has 0 saturated heterocycles. The Labute approximate surface area is 191 Å². The first-order chi connectivity index (χ1) is 13.8. The Kier molecular flexibility index (Phi) is 7.62. The standard InChI is InChI=1S/C27H26N.HI/c1-5-13-24(14-6-1)21-28(27-19-11-4-12-20-27,22-25-15-7-2-8-16-25)23-26-17-9-3-10-18-26;/h1-20H,21-23H2;1H/q+1;/p-1. The van der Waals surface area contributed by atoms with Crippen molar-refractivity contribution in [2.75, 3.05) is 0 Å². The number of quaternary nitrogens is 1. The second-order valence-corrected chi connectivity index (χ2v) is 7.41. The zero-order valence-corrected chi connectivity index (χ0v) is 18.7. The highest BCUT2D eigenvalue weighted by molar-refractivity contribution is 5.45. The summed E-state index contributed by atoms with van der Waals surface area (Å²) < 4.78 is 0.860. The van der Waals surface area contributed by atoms with Gasteiger partial charge in [-0.05, 0) is 12.1 Å². The molecule has 0 unspecified atom stereocenters. The van der Waals surface area contributed by atoms with Gasteiger partial charge in [0.05, 0.1) is 0 Å². The Balaban J connectivity index is 0.00000240. The molecule has 0 aliphatic rings. The molecular weight excluding hydrogens is 465 g/mol. The molecule has 146 valence electrons. The van der Waals surface area contributed by atoms with E-state index in [1.165, 1.54) is 22.4 Å². The zero-order chi connectivity index (χ0) is 19.1. The summed E-state index contributed by atoms with van der Waals surface area (Å²) in [6, 6.07) is 43.5. The second kappa shape index (κ2) is 10.4. The van der Waals surface area contributed by atoms with E-state index < -0.39 is 0 Å². The molecule has 0 aromatic heterocycles. The van der Waals surface area contributed by atoms with Crippen LogP contribution in [0.25, 0.3) is 0 Å². The zero-order valence-electron chi connectivity index (χ0n) is 16.5. The molecule has 4 aromatic rings. The average Bonchev–Trinajstić information content (AvgIpc) is 2.76. The summed E-state index contributed by atoms with van der Waals surface area (Å²) in [6.07, 6.45) is 0. The summed E-state index contributed by atoms with van der Waals surface area (Å²) in [5, 5.41) is 0. The number of hydrogen-bond acceptors (Lipinski definition) is 0. The van der Waals surface area contributed by atoms with E-state index >= 15 is 0 Å². The van der Waals surface area contributed by atoms with Crippen molar-refractivity contribution in [3.05, 3.63) is 138 Å². The Bertz CT molecular complexity index is 869. The minimum Gasteiger partial charge on any atom is -1.00 e. The molecule has 0 spiro atoms. The van der Waals surface area contributed by atoms with Crippen LogP contribution in [0.4, 0.5) is 5.69 Å². The third-order valence-electron chi connectivity index (χ3n) is 5.29. The molecule has 0 heterocycles. The Hall–Kier alpha value is -2.43. The molecular formula is C27H26IN. The molecule has 0 aliphatic heterocycles. The van der Waals surface area contributed by atoms with Crippen molar-refractivity contribution in [2.24, 2.45) is 0 Å². The van der Waals surface area contributed by atoms with Crippen molar-refractivity contribution >= 4 is 5.69 Å². The highest BCUT2D eigenvalue weighted by Crippen LogP contribution is 2.32. The maximum Gasteiger partial charge on any atom is 0.133 e. The third-order valence-corrected chi connectivity index (χ3v) is 5.29. The van der Waals surface area contributed by atoms with E-state index in [0.717, 1.165) is 24.1 Å². The van der Waals surface area contributed by atoms with Crippen LogP contribution in [0.1, 0.15) is 16.7 Å². The van der Waals surface area contributed by atoms with Gasteiger partial charge in [0, 0.05) is 16.7 Å². The van der Waals surface area contributed by atoms with Crippen LogP contribution in [-0.2, 0) is 19.6 Å². The van der Waals surface area contributed by atoms with Gasteiger partial charge in [-0.1, -0.05) is 109 Å². The van der Waals surface area contributed by atoms with Gasteiger partial charge in [-0.2, -0.15) is 0 Å². The molecule has 29 heavy (non-hydrogen) atoms. The van der Waals surface area contributed by atoms with E-state index in [9.17, 15) is 0 Å². The molecule has 0 N–H and O–H groups in total. The van der Waals surface area contributed by atoms with Gasteiger partial charge in [-0.25, -0.2) is 0 Å². The molecule has 0 atom stereocenters. The summed E-state index contributed by atoms with van der Waals surface area (Å²) in [5.41, 5.74) is 5.42. The van der Waals surface area contributed by atoms with E-state index in [-0.39, 0.29) is 24.0 Å². The minimum absolute atomic E-state index is 0. The van der Waals surface area contributed by atoms with Crippen LogP contribution in [-0.4, -0.2) is 0 Å². The number of benzene rings is 4. The lowest BCUT2D eigenvalue weighted by atomic mass is 10.0. The van der Waals surface area contributed by atoms with Crippen molar-refractivity contribution in [3.8, 4) is 0 Å². The van der Waals surface area contributed by atoms with Crippen molar-refractivity contribution in [3.63, 3.8) is 0 Å². The van der Waals surface area contributed by atoms with Crippen molar-refractivity contribution < 1.29 is 24.0 Å². The van der Waals surface area contributed by atoms with Gasteiger partial charge in [0.1, 0.15) is 25.3 Å². The number of hydrogen-bond donors (Lipinski definition) is 0. The van der Waals surface area contributed by atoms with Gasteiger partial charge in [-0.15, -0.1) is 0 Å². The van der Waals surface area contributed by atoms with E-state index in [0.29, 0.717) is 0 Å². The normalized spacial score (nSPS) is 10.9. The van der Waals surface area contributed by atoms with Crippen molar-refractivity contribution in [1.29, 1.82) is 0 Å². The molecule has 4 aromatic carbocycles. The fourth-order valence-corrected chi connectivity index (χ4v) is 3.98. The van der Waals surface area contributed by atoms with E-state index in [1.54, 1.807) is 0 Å². The van der Waals surface area contributed by atoms with Gasteiger partial charge in [-0.3, -0.25) is 4.48 Å². The molecule has 1 nitrogen and oxygen atoms in total. The third kappa shape index (κ3) is 5.55. The lowest BCUT2D eigenvalue weighted by molar-refractivity contribution is -0.00000582. The Morgan fingerprint density at radius 2 is 0.655 bits per heavy atom. The Morgan fingerprint density at radius 3 is 0.966 bits per heavy atom. The molecule has 0 amide bonds. The molecule has 4 rings (SSSR count). The first-order valence-electron chi connectivity index (χ1n) is 9.88. The fraction of sp³-hybridized carbons (Fsp3) is 0.111. The Morgan fingerprint density at radius 1 is 0.379 bits per heavy atom. The second-order valence-electron chi connectivity index (χ2n) is 7.41. The average molecular weight is 491 g/mol. The minimum atomic E-state index is 0. The van der Waals surface area contributed by atoms with Crippen LogP contribution in [0, 0.1) is 0 Å². The van der Waals surface area contributed by atoms with Gasteiger partial charge in [0.25, 0.3) is 0 Å². The summed E-state index contributed by atoms with van der Waals surface area (Å²) >= 11 is 0. The van der Waals surface area contributed by atoms with Crippen LogP contribution in [0.2, 0.25) is 0 Å². The largest absolute Gasteiger partial charge is 1.00 e. The first kappa shape index (κ1) is 21.3. The first-order valence-corrected chi connectivity index (χ1v) is 9.88. The van der Waals surface area contributed by atoms with Crippen LogP contribution in [0.15, 0.2) is 121 Å². The van der Waals surface area contributed by atoms with Gasteiger partial charge in [0.15, 0.2) is 0 Å². The predicted molar refractivity (Wildman–Crippen MR) is 119 cm³/mol. The number of nitrogens with zero attached hydrogens (tertiary/aromatic N) is 1. The maximum atomic E-state index is 2.27. The van der Waals surface area contributed by atoms with E-state index in [1.807, 2.05) is 0 Å². The molecule has 0 radical (unpaired) electrons. The highest BCUT2D eigenvalue weighted by atomic mass is 127. The summed E-state index contributed by atoms with van der Waals surface area (Å²) in [4.78, 5) is 0. The number of halogens is 1. The molecule has 0 fully saturated rings. The van der Waals surface area contributed by atoms with Gasteiger partial charge in [0.2, 0.25) is 0 Å². The van der Waals surface area contributed by atoms with Crippen LogP contribution in [0.5, 0.6) is 0 Å². The molecule has 2 heteroatoms. The van der Waals surface area contributed by atoms with Crippen LogP contribution >= 0.6 is 0 Å². The van der Waals surface area contributed by atoms with Gasteiger partial charge < -0.3 is 24.0 Å². The van der Waals surface area contributed by atoms with Crippen LogP contribution < -0.4 is 28.5 Å². The summed E-state index contributed by atoms with van der Waals surface area (Å²) in [6.45, 7) is 2.86. The molecule has 0 bridgehead atoms. The lowest BCUT2D eigenvalue weighted by Gasteiger charge is -2.39. The number of para-hydroxylation sites is 1. The SMILES string of the molecule is [I-].c1ccc(C[N+](Cc2ccccc2)(Cc2ccccc2)c2ccccc2)cc1. The van der Waals surface area contributed by atoms with Gasteiger partial charge >= 0.3 is 0 Å². The topological polar surface area (TPSA) is 0 Å². The highest BCUT2D eigenvalue weighted by Gasteiger charge is 2.31. The van der Waals surface area contributed by atoms with E-state index in [4.69, 9.17) is 0 Å². The smallest absolute Gasteiger partial charge is 0.133 e. The molecule has 0 aliphatic carbocycles.